The molecule has 0 N–H and O–H groups in total. The molecule has 0 aliphatic carbocycles. The number of aromatic nitrogens is 2. The number of carbonyl (C=O) groups is 1. The Balaban J connectivity index is 2.69. The van der Waals surface area contributed by atoms with Crippen LogP contribution in [-0.4, -0.2) is 15.7 Å². The number of aryl methyl sites for hydroxylation is 2. The second kappa shape index (κ2) is 2.96. The Labute approximate surface area is 80.0 Å². The Morgan fingerprint density at radius 2 is 2.38 bits per heavy atom. The molecule has 2 aromatic rings. The Morgan fingerprint density at radius 3 is 3.08 bits per heavy atom. The van der Waals surface area contributed by atoms with Gasteiger partial charge in [0.1, 0.15) is 6.29 Å². The standard InChI is InChI=1S/C9H10N2OS/c1-6-7(2)11-8(3-4-12)5-13-9(11)10-6/h4-5H,3H2,1-2H3. The molecule has 68 valence electrons. The Bertz CT molecular complexity index is 455. The molecule has 13 heavy (non-hydrogen) atoms. The van der Waals surface area contributed by atoms with Crippen LogP contribution >= 0.6 is 11.3 Å². The van der Waals surface area contributed by atoms with E-state index in [1.54, 1.807) is 11.3 Å². The third-order valence-corrected chi connectivity index (χ3v) is 3.07. The van der Waals surface area contributed by atoms with E-state index in [9.17, 15) is 4.79 Å². The van der Waals surface area contributed by atoms with Crippen molar-refractivity contribution in [3.63, 3.8) is 0 Å². The minimum atomic E-state index is 0.469. The summed E-state index contributed by atoms with van der Waals surface area (Å²) in [5, 5.41) is 1.99. The van der Waals surface area contributed by atoms with E-state index < -0.39 is 0 Å². The first-order valence-electron chi connectivity index (χ1n) is 4.09. The Hall–Kier alpha value is -1.16. The quantitative estimate of drug-likeness (QED) is 0.683. The number of rotatable bonds is 2. The summed E-state index contributed by atoms with van der Waals surface area (Å²) in [6, 6.07) is 0. The average Bonchev–Trinajstić information content (AvgIpc) is 2.58. The molecule has 0 saturated carbocycles. The summed E-state index contributed by atoms with van der Waals surface area (Å²) in [5.41, 5.74) is 3.21. The molecular formula is C9H10N2OS. The first-order chi connectivity index (χ1) is 6.24. The minimum Gasteiger partial charge on any atom is -0.303 e. The zero-order valence-electron chi connectivity index (χ0n) is 7.57. The van der Waals surface area contributed by atoms with Gasteiger partial charge in [0.25, 0.3) is 0 Å². The molecule has 0 saturated heterocycles. The lowest BCUT2D eigenvalue weighted by Crippen LogP contribution is -1.94. The van der Waals surface area contributed by atoms with Gasteiger partial charge in [-0.25, -0.2) is 4.98 Å². The fourth-order valence-corrected chi connectivity index (χ4v) is 2.39. The molecule has 0 bridgehead atoms. The molecule has 0 radical (unpaired) electrons. The number of thiazole rings is 1. The van der Waals surface area contributed by atoms with Gasteiger partial charge in [-0.1, -0.05) is 0 Å². The first-order valence-corrected chi connectivity index (χ1v) is 4.97. The molecule has 0 amide bonds. The van der Waals surface area contributed by atoms with Crippen LogP contribution in [0.15, 0.2) is 5.38 Å². The monoisotopic (exact) mass is 194 g/mol. The molecule has 2 aromatic heterocycles. The van der Waals surface area contributed by atoms with Gasteiger partial charge in [-0.15, -0.1) is 11.3 Å². The Morgan fingerprint density at radius 1 is 1.62 bits per heavy atom. The lowest BCUT2D eigenvalue weighted by atomic mass is 10.3. The van der Waals surface area contributed by atoms with Crippen molar-refractivity contribution in [3.05, 3.63) is 22.5 Å². The van der Waals surface area contributed by atoms with E-state index in [-0.39, 0.29) is 0 Å². The molecular weight excluding hydrogens is 184 g/mol. The van der Waals surface area contributed by atoms with Gasteiger partial charge in [0.2, 0.25) is 0 Å². The van der Waals surface area contributed by atoms with E-state index >= 15 is 0 Å². The fraction of sp³-hybridized carbons (Fsp3) is 0.333. The largest absolute Gasteiger partial charge is 0.303 e. The number of nitrogens with zero attached hydrogens (tertiary/aromatic N) is 2. The summed E-state index contributed by atoms with van der Waals surface area (Å²) < 4.78 is 2.05. The summed E-state index contributed by atoms with van der Waals surface area (Å²) >= 11 is 1.58. The SMILES string of the molecule is Cc1nc2scc(CC=O)n2c1C. The predicted octanol–water partition coefficient (Wildman–Crippen LogP) is 1.75. The van der Waals surface area contributed by atoms with E-state index in [4.69, 9.17) is 0 Å². The lowest BCUT2D eigenvalue weighted by Gasteiger charge is -1.95. The van der Waals surface area contributed by atoms with E-state index in [0.717, 1.165) is 28.3 Å². The van der Waals surface area contributed by atoms with Crippen molar-refractivity contribution in [2.24, 2.45) is 0 Å². The van der Waals surface area contributed by atoms with Crippen molar-refractivity contribution in [2.75, 3.05) is 0 Å². The van der Waals surface area contributed by atoms with Crippen molar-refractivity contribution in [1.29, 1.82) is 0 Å². The minimum absolute atomic E-state index is 0.469. The van der Waals surface area contributed by atoms with Gasteiger partial charge in [0.05, 0.1) is 5.69 Å². The fourth-order valence-electron chi connectivity index (χ4n) is 1.40. The molecule has 0 atom stereocenters. The van der Waals surface area contributed by atoms with Crippen LogP contribution in [0.3, 0.4) is 0 Å². The number of imidazole rings is 1. The summed E-state index contributed by atoms with van der Waals surface area (Å²) in [4.78, 5) is 15.8. The highest BCUT2D eigenvalue weighted by Gasteiger charge is 2.09. The molecule has 2 rings (SSSR count). The highest BCUT2D eigenvalue weighted by Crippen LogP contribution is 2.20. The van der Waals surface area contributed by atoms with Gasteiger partial charge in [-0.05, 0) is 13.8 Å². The number of hydrogen-bond acceptors (Lipinski definition) is 3. The van der Waals surface area contributed by atoms with E-state index in [1.165, 1.54) is 0 Å². The van der Waals surface area contributed by atoms with Crippen LogP contribution in [0.1, 0.15) is 17.1 Å². The topological polar surface area (TPSA) is 34.4 Å². The van der Waals surface area contributed by atoms with Gasteiger partial charge >= 0.3 is 0 Å². The van der Waals surface area contributed by atoms with E-state index in [2.05, 4.69) is 9.38 Å². The molecule has 0 unspecified atom stereocenters. The number of aldehydes is 1. The molecule has 2 heterocycles. The second-order valence-corrected chi connectivity index (χ2v) is 3.83. The predicted molar refractivity (Wildman–Crippen MR) is 52.3 cm³/mol. The first kappa shape index (κ1) is 8.44. The van der Waals surface area contributed by atoms with Crippen LogP contribution in [0.2, 0.25) is 0 Å². The van der Waals surface area contributed by atoms with E-state index in [0.29, 0.717) is 6.42 Å². The number of fused-ring (bicyclic) bond motifs is 1. The van der Waals surface area contributed by atoms with Crippen LogP contribution in [0.4, 0.5) is 0 Å². The van der Waals surface area contributed by atoms with Gasteiger partial charge in [0, 0.05) is 23.2 Å². The molecule has 0 fully saturated rings. The maximum absolute atomic E-state index is 10.4. The van der Waals surface area contributed by atoms with E-state index in [1.807, 2.05) is 19.2 Å². The van der Waals surface area contributed by atoms with Gasteiger partial charge in [-0.3, -0.25) is 4.40 Å². The van der Waals surface area contributed by atoms with Crippen molar-refractivity contribution in [2.45, 2.75) is 20.3 Å². The second-order valence-electron chi connectivity index (χ2n) is 3.00. The van der Waals surface area contributed by atoms with Gasteiger partial charge < -0.3 is 4.79 Å². The van der Waals surface area contributed by atoms with Crippen LogP contribution in [0.5, 0.6) is 0 Å². The van der Waals surface area contributed by atoms with Crippen LogP contribution in [-0.2, 0) is 11.2 Å². The number of carbonyl (C=O) groups excluding carboxylic acids is 1. The highest BCUT2D eigenvalue weighted by molar-refractivity contribution is 7.15. The van der Waals surface area contributed by atoms with Crippen molar-refractivity contribution in [1.82, 2.24) is 9.38 Å². The Kier molecular flexibility index (Phi) is 1.92. The van der Waals surface area contributed by atoms with Crippen molar-refractivity contribution in [3.8, 4) is 0 Å². The van der Waals surface area contributed by atoms with Gasteiger partial charge in [-0.2, -0.15) is 0 Å². The van der Waals surface area contributed by atoms with Crippen molar-refractivity contribution < 1.29 is 4.79 Å². The average molecular weight is 194 g/mol. The molecule has 0 aromatic carbocycles. The van der Waals surface area contributed by atoms with Crippen LogP contribution in [0, 0.1) is 13.8 Å². The van der Waals surface area contributed by atoms with Crippen LogP contribution < -0.4 is 0 Å². The summed E-state index contributed by atoms with van der Waals surface area (Å²) in [5.74, 6) is 0. The zero-order valence-corrected chi connectivity index (χ0v) is 8.39. The molecule has 0 spiro atoms. The normalized spacial score (nSPS) is 10.9. The smallest absolute Gasteiger partial charge is 0.194 e. The number of hydrogen-bond donors (Lipinski definition) is 0. The highest BCUT2D eigenvalue weighted by atomic mass is 32.1. The zero-order chi connectivity index (χ0) is 9.42. The molecule has 0 aliphatic heterocycles. The maximum Gasteiger partial charge on any atom is 0.194 e. The molecule has 0 aliphatic rings. The van der Waals surface area contributed by atoms with Crippen LogP contribution in [0.25, 0.3) is 4.96 Å². The molecule has 3 nitrogen and oxygen atoms in total. The summed E-state index contributed by atoms with van der Waals surface area (Å²) in [6.45, 7) is 4.01. The summed E-state index contributed by atoms with van der Waals surface area (Å²) in [7, 11) is 0. The molecule has 4 heteroatoms. The lowest BCUT2D eigenvalue weighted by molar-refractivity contribution is -0.107. The summed E-state index contributed by atoms with van der Waals surface area (Å²) in [6.07, 6.45) is 1.40. The maximum atomic E-state index is 10.4. The third-order valence-electron chi connectivity index (χ3n) is 2.19. The van der Waals surface area contributed by atoms with Gasteiger partial charge in [0.15, 0.2) is 4.96 Å². The van der Waals surface area contributed by atoms with Crippen molar-refractivity contribution >= 4 is 22.6 Å². The third kappa shape index (κ3) is 1.18.